The Bertz CT molecular complexity index is 162. The molecular formula is C12H21O2-. The second-order valence-electron chi connectivity index (χ2n) is 3.56. The van der Waals surface area contributed by atoms with Gasteiger partial charge in [-0.15, -0.1) is 0 Å². The van der Waals surface area contributed by atoms with E-state index in [0.29, 0.717) is 0 Å². The Labute approximate surface area is 87.0 Å². The quantitative estimate of drug-likeness (QED) is 0.420. The van der Waals surface area contributed by atoms with Crippen LogP contribution in [0.3, 0.4) is 0 Å². The molecule has 0 spiro atoms. The maximum absolute atomic E-state index is 10.1. The van der Waals surface area contributed by atoms with Crippen molar-refractivity contribution in [2.24, 2.45) is 0 Å². The molecule has 0 unspecified atom stereocenters. The number of carboxylic acid groups (broad SMARTS) is 1. The first-order chi connectivity index (χ1) is 6.77. The van der Waals surface area contributed by atoms with Crippen molar-refractivity contribution in [1.29, 1.82) is 0 Å². The summed E-state index contributed by atoms with van der Waals surface area (Å²) in [4.78, 5) is 10.1. The van der Waals surface area contributed by atoms with Gasteiger partial charge in [0.15, 0.2) is 0 Å². The highest BCUT2D eigenvalue weighted by Gasteiger charge is 1.90. The Hall–Kier alpha value is -0.790. The van der Waals surface area contributed by atoms with E-state index in [1.165, 1.54) is 12.8 Å². The number of unbranched alkanes of at least 4 members (excludes halogenated alkanes) is 5. The number of hydrogen-bond donors (Lipinski definition) is 0. The molecule has 0 fully saturated rings. The molecule has 0 aliphatic heterocycles. The van der Waals surface area contributed by atoms with E-state index in [1.54, 1.807) is 0 Å². The predicted octanol–water partition coefficient (Wildman–Crippen LogP) is 2.43. The van der Waals surface area contributed by atoms with Crippen LogP contribution >= 0.6 is 0 Å². The fourth-order valence-corrected chi connectivity index (χ4v) is 1.35. The van der Waals surface area contributed by atoms with Crippen LogP contribution in [0, 0.1) is 0 Å². The second kappa shape index (κ2) is 10.3. The molecule has 0 atom stereocenters. The van der Waals surface area contributed by atoms with Crippen molar-refractivity contribution in [3.63, 3.8) is 0 Å². The maximum Gasteiger partial charge on any atom is 0.0414 e. The molecule has 0 heterocycles. The largest absolute Gasteiger partial charge is 0.550 e. The minimum absolute atomic E-state index is 0.218. The summed E-state index contributed by atoms with van der Waals surface area (Å²) in [6.45, 7) is 2.14. The van der Waals surface area contributed by atoms with Gasteiger partial charge >= 0.3 is 0 Å². The molecule has 2 nitrogen and oxygen atoms in total. The lowest BCUT2D eigenvalue weighted by molar-refractivity contribution is -0.305. The van der Waals surface area contributed by atoms with Crippen molar-refractivity contribution in [3.8, 4) is 0 Å². The van der Waals surface area contributed by atoms with Gasteiger partial charge in [-0.1, -0.05) is 38.3 Å². The van der Waals surface area contributed by atoms with Crippen molar-refractivity contribution >= 4 is 5.97 Å². The van der Waals surface area contributed by atoms with Gasteiger partial charge in [-0.3, -0.25) is 0 Å². The van der Waals surface area contributed by atoms with Crippen LogP contribution in [0.5, 0.6) is 0 Å². The zero-order valence-electron chi connectivity index (χ0n) is 9.13. The molecule has 0 N–H and O–H groups in total. The zero-order chi connectivity index (χ0) is 10.6. The number of carbonyl (C=O) groups excluding carboxylic acids is 1. The molecule has 2 heteroatoms. The fourth-order valence-electron chi connectivity index (χ4n) is 1.35. The highest BCUT2D eigenvalue weighted by Crippen LogP contribution is 2.07. The smallest absolute Gasteiger partial charge is 0.0414 e. The van der Waals surface area contributed by atoms with Gasteiger partial charge in [-0.25, -0.2) is 0 Å². The lowest BCUT2D eigenvalue weighted by atomic mass is 10.1. The minimum Gasteiger partial charge on any atom is -0.550 e. The number of allylic oxidation sites excluding steroid dienone is 2. The first-order valence-corrected chi connectivity index (χ1v) is 5.62. The topological polar surface area (TPSA) is 40.1 Å². The van der Waals surface area contributed by atoms with Crippen LogP contribution < -0.4 is 5.11 Å². The summed E-state index contributed by atoms with van der Waals surface area (Å²) in [5.74, 6) is -0.920. The van der Waals surface area contributed by atoms with Crippen molar-refractivity contribution < 1.29 is 9.90 Å². The monoisotopic (exact) mass is 197 g/mol. The summed E-state index contributed by atoms with van der Waals surface area (Å²) in [6.07, 6.45) is 12.3. The van der Waals surface area contributed by atoms with E-state index < -0.39 is 5.97 Å². The normalized spacial score (nSPS) is 10.9. The molecule has 14 heavy (non-hydrogen) atoms. The minimum atomic E-state index is -0.920. The summed E-state index contributed by atoms with van der Waals surface area (Å²) in [5, 5.41) is 10.1. The Morgan fingerprint density at radius 2 is 1.71 bits per heavy atom. The van der Waals surface area contributed by atoms with Crippen LogP contribution in [-0.2, 0) is 4.79 Å². The molecule has 0 saturated heterocycles. The van der Waals surface area contributed by atoms with E-state index in [-0.39, 0.29) is 6.42 Å². The first kappa shape index (κ1) is 13.2. The molecule has 0 aromatic carbocycles. The number of carboxylic acids is 1. The number of aliphatic carboxylic acids is 1. The molecule has 0 bridgehead atoms. The summed E-state index contributed by atoms with van der Waals surface area (Å²) in [6, 6.07) is 0. The van der Waals surface area contributed by atoms with Crippen LogP contribution in [0.1, 0.15) is 58.3 Å². The van der Waals surface area contributed by atoms with Gasteiger partial charge in [0.05, 0.1) is 0 Å². The van der Waals surface area contributed by atoms with Crippen LogP contribution in [0.4, 0.5) is 0 Å². The summed E-state index contributed by atoms with van der Waals surface area (Å²) in [7, 11) is 0. The highest BCUT2D eigenvalue weighted by molar-refractivity contribution is 5.63. The van der Waals surface area contributed by atoms with Gasteiger partial charge in [-0.2, -0.15) is 0 Å². The standard InChI is InChI=1S/C12H22O2/c1-2-3-4-5-6-7-8-9-10-11-12(13)14/h3-4H,2,5-11H2,1H3,(H,13,14)/p-1/b4-3+. The number of hydrogen-bond acceptors (Lipinski definition) is 2. The summed E-state index contributed by atoms with van der Waals surface area (Å²) < 4.78 is 0. The van der Waals surface area contributed by atoms with Gasteiger partial charge in [0, 0.05) is 5.97 Å². The fraction of sp³-hybridized carbons (Fsp3) is 0.750. The van der Waals surface area contributed by atoms with E-state index in [2.05, 4.69) is 19.1 Å². The average molecular weight is 197 g/mol. The van der Waals surface area contributed by atoms with Crippen molar-refractivity contribution in [1.82, 2.24) is 0 Å². The van der Waals surface area contributed by atoms with Crippen molar-refractivity contribution in [3.05, 3.63) is 12.2 Å². The van der Waals surface area contributed by atoms with E-state index in [9.17, 15) is 9.90 Å². The lowest BCUT2D eigenvalue weighted by Gasteiger charge is -2.01. The van der Waals surface area contributed by atoms with E-state index in [1.807, 2.05) is 0 Å². The van der Waals surface area contributed by atoms with Crippen LogP contribution in [-0.4, -0.2) is 5.97 Å². The van der Waals surface area contributed by atoms with Crippen LogP contribution in [0.15, 0.2) is 12.2 Å². The van der Waals surface area contributed by atoms with Gasteiger partial charge < -0.3 is 9.90 Å². The lowest BCUT2D eigenvalue weighted by Crippen LogP contribution is -2.21. The van der Waals surface area contributed by atoms with Crippen LogP contribution in [0.25, 0.3) is 0 Å². The van der Waals surface area contributed by atoms with Gasteiger partial charge in [0.2, 0.25) is 0 Å². The molecule has 0 rings (SSSR count). The van der Waals surface area contributed by atoms with E-state index >= 15 is 0 Å². The third-order valence-electron chi connectivity index (χ3n) is 2.15. The highest BCUT2D eigenvalue weighted by atomic mass is 16.4. The molecule has 0 aliphatic carbocycles. The van der Waals surface area contributed by atoms with Crippen molar-refractivity contribution in [2.75, 3.05) is 0 Å². The third kappa shape index (κ3) is 11.2. The first-order valence-electron chi connectivity index (χ1n) is 5.62. The Balaban J connectivity index is 2.99. The molecule has 0 aliphatic rings. The van der Waals surface area contributed by atoms with Crippen molar-refractivity contribution in [2.45, 2.75) is 58.3 Å². The summed E-state index contributed by atoms with van der Waals surface area (Å²) >= 11 is 0. The van der Waals surface area contributed by atoms with Gasteiger partial charge in [0.1, 0.15) is 0 Å². The molecular weight excluding hydrogens is 176 g/mol. The molecule has 0 saturated carbocycles. The SMILES string of the molecule is CC/C=C/CCCCCCCC(=O)[O-]. The number of carbonyl (C=O) groups is 1. The van der Waals surface area contributed by atoms with Crippen LogP contribution in [0.2, 0.25) is 0 Å². The van der Waals surface area contributed by atoms with E-state index in [0.717, 1.165) is 32.1 Å². The maximum atomic E-state index is 10.1. The molecule has 0 aromatic rings. The molecule has 0 aromatic heterocycles. The Morgan fingerprint density at radius 3 is 2.36 bits per heavy atom. The average Bonchev–Trinajstić information content (AvgIpc) is 2.15. The van der Waals surface area contributed by atoms with Gasteiger partial charge in [-0.05, 0) is 32.1 Å². The second-order valence-corrected chi connectivity index (χ2v) is 3.56. The molecule has 0 radical (unpaired) electrons. The molecule has 0 amide bonds. The van der Waals surface area contributed by atoms with Gasteiger partial charge in [0.25, 0.3) is 0 Å². The number of rotatable bonds is 9. The zero-order valence-corrected chi connectivity index (χ0v) is 9.13. The Kier molecular flexibility index (Phi) is 9.71. The van der Waals surface area contributed by atoms with E-state index in [4.69, 9.17) is 0 Å². The summed E-state index contributed by atoms with van der Waals surface area (Å²) in [5.41, 5.74) is 0. The predicted molar refractivity (Wildman–Crippen MR) is 56.8 cm³/mol. The Morgan fingerprint density at radius 1 is 1.07 bits per heavy atom. The molecule has 82 valence electrons. The third-order valence-corrected chi connectivity index (χ3v) is 2.15.